The summed E-state index contributed by atoms with van der Waals surface area (Å²) < 4.78 is 35.9. The molecule has 30 heavy (non-hydrogen) atoms. The number of benzene rings is 2. The average Bonchev–Trinajstić information content (AvgIpc) is 3.03. The first-order valence-electron chi connectivity index (χ1n) is 9.04. The van der Waals surface area contributed by atoms with E-state index in [1.807, 2.05) is 6.92 Å². The van der Waals surface area contributed by atoms with Crippen LogP contribution in [0.4, 0.5) is 5.69 Å². The number of sulfone groups is 1. The Balaban J connectivity index is 1.72. The van der Waals surface area contributed by atoms with E-state index in [1.54, 1.807) is 56.5 Å². The minimum atomic E-state index is -3.78. The summed E-state index contributed by atoms with van der Waals surface area (Å²) in [6, 6.07) is 12.2. The molecule has 0 unspecified atom stereocenters. The maximum Gasteiger partial charge on any atom is 0.239 e. The van der Waals surface area contributed by atoms with Crippen LogP contribution in [0.2, 0.25) is 5.02 Å². The Labute approximate surface area is 180 Å². The van der Waals surface area contributed by atoms with Crippen molar-refractivity contribution < 1.29 is 22.4 Å². The molecule has 9 heteroatoms. The van der Waals surface area contributed by atoms with Crippen LogP contribution in [0.25, 0.3) is 11.5 Å². The summed E-state index contributed by atoms with van der Waals surface area (Å²) in [5.41, 5.74) is 2.21. The van der Waals surface area contributed by atoms with Crippen LogP contribution in [0.15, 0.2) is 46.9 Å². The van der Waals surface area contributed by atoms with Crippen molar-refractivity contribution in [1.82, 2.24) is 4.98 Å². The van der Waals surface area contributed by atoms with Crippen LogP contribution < -0.4 is 10.1 Å². The number of ether oxygens (including phenoxy) is 1. The van der Waals surface area contributed by atoms with Crippen LogP contribution >= 0.6 is 11.6 Å². The van der Waals surface area contributed by atoms with Gasteiger partial charge in [0.15, 0.2) is 9.84 Å². The molecular formula is C21H21ClN2O5S. The molecule has 0 atom stereocenters. The van der Waals surface area contributed by atoms with Crippen molar-refractivity contribution in [3.05, 3.63) is 64.5 Å². The summed E-state index contributed by atoms with van der Waals surface area (Å²) >= 11 is 6.08. The van der Waals surface area contributed by atoms with Crippen LogP contribution in [0, 0.1) is 13.8 Å². The molecule has 0 aliphatic heterocycles. The predicted molar refractivity (Wildman–Crippen MR) is 116 cm³/mol. The van der Waals surface area contributed by atoms with Crippen molar-refractivity contribution in [1.29, 1.82) is 0 Å². The van der Waals surface area contributed by atoms with E-state index in [9.17, 15) is 13.2 Å². The number of anilines is 1. The fourth-order valence-corrected chi connectivity index (χ4v) is 4.35. The van der Waals surface area contributed by atoms with Gasteiger partial charge in [0.2, 0.25) is 11.8 Å². The zero-order valence-corrected chi connectivity index (χ0v) is 18.3. The van der Waals surface area contributed by atoms with E-state index < -0.39 is 27.3 Å². The van der Waals surface area contributed by atoms with Crippen molar-refractivity contribution in [3.8, 4) is 17.2 Å². The van der Waals surface area contributed by atoms with E-state index in [1.165, 1.54) is 0 Å². The summed E-state index contributed by atoms with van der Waals surface area (Å²) in [5, 5.41) is 2.87. The first-order valence-corrected chi connectivity index (χ1v) is 11.2. The first kappa shape index (κ1) is 21.9. The van der Waals surface area contributed by atoms with Gasteiger partial charge in [-0.3, -0.25) is 4.79 Å². The predicted octanol–water partition coefficient (Wildman–Crippen LogP) is 4.17. The molecule has 0 aliphatic carbocycles. The topological polar surface area (TPSA) is 98.5 Å². The molecule has 3 rings (SSSR count). The number of carbonyl (C=O) groups is 1. The van der Waals surface area contributed by atoms with E-state index >= 15 is 0 Å². The van der Waals surface area contributed by atoms with Crippen LogP contribution in [0.5, 0.6) is 5.75 Å². The van der Waals surface area contributed by atoms with E-state index in [0.717, 1.165) is 5.56 Å². The summed E-state index contributed by atoms with van der Waals surface area (Å²) in [6.45, 7) is 3.50. The Morgan fingerprint density at radius 3 is 2.67 bits per heavy atom. The molecule has 0 spiro atoms. The van der Waals surface area contributed by atoms with Crippen LogP contribution in [-0.2, 0) is 20.4 Å². The smallest absolute Gasteiger partial charge is 0.239 e. The van der Waals surface area contributed by atoms with Gasteiger partial charge in [-0.15, -0.1) is 0 Å². The van der Waals surface area contributed by atoms with Gasteiger partial charge in [0.05, 0.1) is 29.3 Å². The number of hydrogen-bond donors (Lipinski definition) is 1. The highest BCUT2D eigenvalue weighted by atomic mass is 35.5. The third kappa shape index (κ3) is 5.40. The largest absolute Gasteiger partial charge is 0.497 e. The Hall–Kier alpha value is -2.84. The van der Waals surface area contributed by atoms with Gasteiger partial charge in [-0.25, -0.2) is 13.4 Å². The Bertz CT molecular complexity index is 1190. The van der Waals surface area contributed by atoms with Gasteiger partial charge in [-0.2, -0.15) is 0 Å². The van der Waals surface area contributed by atoms with E-state index in [-0.39, 0.29) is 11.6 Å². The Kier molecular flexibility index (Phi) is 6.48. The Morgan fingerprint density at radius 1 is 1.20 bits per heavy atom. The second kappa shape index (κ2) is 8.89. The maximum absolute atomic E-state index is 12.5. The average molecular weight is 449 g/mol. The van der Waals surface area contributed by atoms with Crippen molar-refractivity contribution in [2.75, 3.05) is 18.2 Å². The van der Waals surface area contributed by atoms with Crippen molar-refractivity contribution in [2.24, 2.45) is 0 Å². The van der Waals surface area contributed by atoms with Gasteiger partial charge in [0.1, 0.15) is 17.3 Å². The van der Waals surface area contributed by atoms with Gasteiger partial charge >= 0.3 is 0 Å². The van der Waals surface area contributed by atoms with Crippen LogP contribution in [-0.4, -0.2) is 32.2 Å². The molecule has 2 aromatic carbocycles. The normalized spacial score (nSPS) is 11.3. The quantitative estimate of drug-likeness (QED) is 0.582. The number of nitrogens with one attached hydrogen (secondary N) is 1. The number of nitrogens with zero attached hydrogens (tertiary/aromatic N) is 1. The van der Waals surface area contributed by atoms with Gasteiger partial charge in [-0.05, 0) is 49.7 Å². The van der Waals surface area contributed by atoms with Crippen LogP contribution in [0.3, 0.4) is 0 Å². The molecule has 0 saturated heterocycles. The standard InChI is InChI=1S/C21H21ClN2O5S/c1-13-7-8-18(17(22)9-13)23-20(25)12-30(26,27)11-19-14(2)29-21(24-19)15-5-4-6-16(10-15)28-3/h4-10H,11-12H2,1-3H3,(H,23,25). The second-order valence-electron chi connectivity index (χ2n) is 6.82. The minimum absolute atomic E-state index is 0.258. The highest BCUT2D eigenvalue weighted by molar-refractivity contribution is 7.91. The lowest BCUT2D eigenvalue weighted by atomic mass is 10.2. The second-order valence-corrected chi connectivity index (χ2v) is 9.29. The van der Waals surface area contributed by atoms with Gasteiger partial charge in [0, 0.05) is 5.56 Å². The SMILES string of the molecule is COc1cccc(-c2nc(CS(=O)(=O)CC(=O)Nc3ccc(C)cc3Cl)c(C)o2)c1. The van der Waals surface area contributed by atoms with E-state index in [4.69, 9.17) is 20.8 Å². The zero-order valence-electron chi connectivity index (χ0n) is 16.7. The number of amides is 1. The molecule has 0 bridgehead atoms. The Morgan fingerprint density at radius 2 is 1.97 bits per heavy atom. The lowest BCUT2D eigenvalue weighted by molar-refractivity contribution is -0.113. The van der Waals surface area contributed by atoms with Gasteiger partial charge in [-0.1, -0.05) is 23.7 Å². The molecule has 0 aliphatic rings. The van der Waals surface area contributed by atoms with Gasteiger partial charge in [0.25, 0.3) is 0 Å². The molecule has 0 saturated carbocycles. The fraction of sp³-hybridized carbons (Fsp3) is 0.238. The number of halogens is 1. The summed E-state index contributed by atoms with van der Waals surface area (Å²) in [4.78, 5) is 16.5. The molecule has 1 aromatic heterocycles. The lowest BCUT2D eigenvalue weighted by Crippen LogP contribution is -2.24. The lowest BCUT2D eigenvalue weighted by Gasteiger charge is -2.08. The maximum atomic E-state index is 12.5. The summed E-state index contributed by atoms with van der Waals surface area (Å²) in [7, 11) is -2.23. The van der Waals surface area contributed by atoms with Crippen molar-refractivity contribution in [2.45, 2.75) is 19.6 Å². The highest BCUT2D eigenvalue weighted by Crippen LogP contribution is 2.26. The number of rotatable bonds is 7. The minimum Gasteiger partial charge on any atom is -0.497 e. The molecule has 0 radical (unpaired) electrons. The van der Waals surface area contributed by atoms with Crippen molar-refractivity contribution >= 4 is 33.0 Å². The van der Waals surface area contributed by atoms with Crippen LogP contribution in [0.1, 0.15) is 17.0 Å². The monoisotopic (exact) mass is 448 g/mol. The number of carbonyl (C=O) groups excluding carboxylic acids is 1. The third-order valence-electron chi connectivity index (χ3n) is 4.32. The number of oxazole rings is 1. The first-order chi connectivity index (χ1) is 14.2. The number of methoxy groups -OCH3 is 1. The molecule has 1 amide bonds. The molecular weight excluding hydrogens is 428 g/mol. The third-order valence-corrected chi connectivity index (χ3v) is 6.04. The summed E-state index contributed by atoms with van der Waals surface area (Å²) in [6.07, 6.45) is 0. The molecule has 1 heterocycles. The summed E-state index contributed by atoms with van der Waals surface area (Å²) in [5.74, 6) is -0.496. The highest BCUT2D eigenvalue weighted by Gasteiger charge is 2.22. The fourth-order valence-electron chi connectivity index (χ4n) is 2.81. The molecule has 1 N–H and O–H groups in total. The number of hydrogen-bond acceptors (Lipinski definition) is 6. The number of aryl methyl sites for hydroxylation is 2. The van der Waals surface area contributed by atoms with E-state index in [2.05, 4.69) is 10.3 Å². The molecule has 158 valence electrons. The molecule has 0 fully saturated rings. The van der Waals surface area contributed by atoms with Gasteiger partial charge < -0.3 is 14.5 Å². The molecule has 7 nitrogen and oxygen atoms in total. The van der Waals surface area contributed by atoms with E-state index in [0.29, 0.717) is 27.8 Å². The molecule has 3 aromatic rings. The number of aromatic nitrogens is 1. The zero-order chi connectivity index (χ0) is 21.9. The van der Waals surface area contributed by atoms with Crippen molar-refractivity contribution in [3.63, 3.8) is 0 Å².